The summed E-state index contributed by atoms with van der Waals surface area (Å²) in [5.41, 5.74) is 0. The predicted octanol–water partition coefficient (Wildman–Crippen LogP) is 0.0286. The van der Waals surface area contributed by atoms with Gasteiger partial charge in [0, 0.05) is 11.8 Å². The Morgan fingerprint density at radius 3 is 2.73 bits per heavy atom. The summed E-state index contributed by atoms with van der Waals surface area (Å²) in [5, 5.41) is 8.94. The number of rotatable bonds is 1. The van der Waals surface area contributed by atoms with Crippen molar-refractivity contribution < 1.29 is 14.6 Å². The van der Waals surface area contributed by atoms with Crippen LogP contribution < -0.4 is 0 Å². The van der Waals surface area contributed by atoms with Gasteiger partial charge in [-0.1, -0.05) is 6.92 Å². The number of hydrogen-bond acceptors (Lipinski definition) is 3. The van der Waals surface area contributed by atoms with Crippen LogP contribution in [0.2, 0.25) is 0 Å². The number of ether oxygens (including phenoxy) is 2. The average molecular weight is 158 g/mol. The van der Waals surface area contributed by atoms with Gasteiger partial charge in [-0.2, -0.15) is 0 Å². The van der Waals surface area contributed by atoms with E-state index in [2.05, 4.69) is 6.92 Å². The molecule has 0 amide bonds. The molecule has 0 aromatic rings. The quantitative estimate of drug-likeness (QED) is 0.585. The zero-order chi connectivity index (χ0) is 7.84. The highest BCUT2D eigenvalue weighted by Gasteiger charge is 2.45. The molecule has 0 radical (unpaired) electrons. The topological polar surface area (TPSA) is 38.7 Å². The second-order valence-electron chi connectivity index (χ2n) is 3.52. The molecule has 3 heteroatoms. The Balaban J connectivity index is 2.04. The van der Waals surface area contributed by atoms with E-state index in [-0.39, 0.29) is 24.7 Å². The second kappa shape index (κ2) is 2.73. The minimum atomic E-state index is 0.162. The van der Waals surface area contributed by atoms with Gasteiger partial charge in [-0.15, -0.1) is 0 Å². The lowest BCUT2D eigenvalue weighted by Gasteiger charge is -2.12. The van der Waals surface area contributed by atoms with Gasteiger partial charge in [0.1, 0.15) is 0 Å². The normalized spacial score (nSPS) is 49.6. The molecule has 0 spiro atoms. The highest BCUT2D eigenvalue weighted by Crippen LogP contribution is 2.33. The smallest absolute Gasteiger partial charge is 0.0912 e. The lowest BCUT2D eigenvalue weighted by atomic mass is 9.98. The SMILES string of the molecule is CC1COC2C(CO)COC12. The highest BCUT2D eigenvalue weighted by molar-refractivity contribution is 4.91. The molecule has 64 valence electrons. The van der Waals surface area contributed by atoms with Gasteiger partial charge in [-0.25, -0.2) is 0 Å². The highest BCUT2D eigenvalue weighted by atomic mass is 16.6. The summed E-state index contributed by atoms with van der Waals surface area (Å²) >= 11 is 0. The zero-order valence-corrected chi connectivity index (χ0v) is 6.69. The van der Waals surface area contributed by atoms with E-state index < -0.39 is 0 Å². The van der Waals surface area contributed by atoms with Gasteiger partial charge in [0.25, 0.3) is 0 Å². The molecule has 2 saturated heterocycles. The largest absolute Gasteiger partial charge is 0.396 e. The molecule has 11 heavy (non-hydrogen) atoms. The maximum Gasteiger partial charge on any atom is 0.0912 e. The summed E-state index contributed by atoms with van der Waals surface area (Å²) in [7, 11) is 0. The Hall–Kier alpha value is -0.120. The van der Waals surface area contributed by atoms with Gasteiger partial charge < -0.3 is 14.6 Å². The summed E-state index contributed by atoms with van der Waals surface area (Å²) in [6.07, 6.45) is 0.405. The summed E-state index contributed by atoms with van der Waals surface area (Å²) in [6.45, 7) is 3.76. The van der Waals surface area contributed by atoms with Crippen LogP contribution in [-0.4, -0.2) is 37.1 Å². The minimum absolute atomic E-state index is 0.162. The van der Waals surface area contributed by atoms with Crippen molar-refractivity contribution in [3.05, 3.63) is 0 Å². The van der Waals surface area contributed by atoms with Crippen molar-refractivity contribution in [3.63, 3.8) is 0 Å². The van der Waals surface area contributed by atoms with Crippen molar-refractivity contribution in [3.8, 4) is 0 Å². The van der Waals surface area contributed by atoms with Crippen LogP contribution in [0.15, 0.2) is 0 Å². The third-order valence-electron chi connectivity index (χ3n) is 2.64. The molecule has 2 fully saturated rings. The molecule has 0 aromatic heterocycles. The van der Waals surface area contributed by atoms with Gasteiger partial charge >= 0.3 is 0 Å². The first-order valence-electron chi connectivity index (χ1n) is 4.17. The summed E-state index contributed by atoms with van der Waals surface area (Å²) in [4.78, 5) is 0. The Labute approximate surface area is 66.3 Å². The number of aliphatic hydroxyl groups is 1. The number of hydrogen-bond donors (Lipinski definition) is 1. The van der Waals surface area contributed by atoms with Gasteiger partial charge in [0.15, 0.2) is 0 Å². The van der Waals surface area contributed by atoms with Gasteiger partial charge in [0.2, 0.25) is 0 Å². The lowest BCUT2D eigenvalue weighted by molar-refractivity contribution is 0.0498. The van der Waals surface area contributed by atoms with Crippen molar-refractivity contribution in [2.45, 2.75) is 19.1 Å². The molecule has 0 aromatic carbocycles. The van der Waals surface area contributed by atoms with E-state index in [9.17, 15) is 0 Å². The van der Waals surface area contributed by atoms with Crippen molar-refractivity contribution >= 4 is 0 Å². The summed E-state index contributed by atoms with van der Waals surface area (Å²) in [5.74, 6) is 0.710. The van der Waals surface area contributed by atoms with Crippen LogP contribution in [0.5, 0.6) is 0 Å². The maximum absolute atomic E-state index is 8.94. The van der Waals surface area contributed by atoms with E-state index >= 15 is 0 Å². The molecule has 4 unspecified atom stereocenters. The third kappa shape index (κ3) is 1.08. The molecule has 2 rings (SSSR count). The number of fused-ring (bicyclic) bond motifs is 1. The second-order valence-corrected chi connectivity index (χ2v) is 3.52. The van der Waals surface area contributed by atoms with E-state index in [1.807, 2.05) is 0 Å². The van der Waals surface area contributed by atoms with Crippen LogP contribution in [0.25, 0.3) is 0 Å². The molecule has 4 atom stereocenters. The predicted molar refractivity (Wildman–Crippen MR) is 39.2 cm³/mol. The molecule has 0 aliphatic carbocycles. The van der Waals surface area contributed by atoms with Crippen molar-refractivity contribution in [2.24, 2.45) is 11.8 Å². The Kier molecular flexibility index (Phi) is 1.87. The van der Waals surface area contributed by atoms with Gasteiger partial charge in [0.05, 0.1) is 32.0 Å². The molecule has 1 N–H and O–H groups in total. The fourth-order valence-electron chi connectivity index (χ4n) is 1.93. The standard InChI is InChI=1S/C8H14O3/c1-5-3-10-8-6(2-9)4-11-7(5)8/h5-9H,2-4H2,1H3. The fraction of sp³-hybridized carbons (Fsp3) is 1.00. The first-order valence-corrected chi connectivity index (χ1v) is 4.17. The monoisotopic (exact) mass is 158 g/mol. The van der Waals surface area contributed by atoms with Crippen molar-refractivity contribution in [1.82, 2.24) is 0 Å². The third-order valence-corrected chi connectivity index (χ3v) is 2.64. The van der Waals surface area contributed by atoms with Crippen LogP contribution in [0.4, 0.5) is 0 Å². The molecule has 0 saturated carbocycles. The maximum atomic E-state index is 8.94. The molecule has 2 heterocycles. The lowest BCUT2D eigenvalue weighted by Crippen LogP contribution is -2.26. The first kappa shape index (κ1) is 7.53. The van der Waals surface area contributed by atoms with Crippen LogP contribution in [0.3, 0.4) is 0 Å². The Morgan fingerprint density at radius 1 is 1.27 bits per heavy atom. The zero-order valence-electron chi connectivity index (χ0n) is 6.69. The van der Waals surface area contributed by atoms with E-state index in [0.29, 0.717) is 12.5 Å². The van der Waals surface area contributed by atoms with Gasteiger partial charge in [-0.3, -0.25) is 0 Å². The van der Waals surface area contributed by atoms with Crippen molar-refractivity contribution in [1.29, 1.82) is 0 Å². The van der Waals surface area contributed by atoms with Crippen LogP contribution in [0, 0.1) is 11.8 Å². The minimum Gasteiger partial charge on any atom is -0.396 e. The van der Waals surface area contributed by atoms with E-state index in [1.165, 1.54) is 0 Å². The molecule has 3 nitrogen and oxygen atoms in total. The molecule has 0 bridgehead atoms. The van der Waals surface area contributed by atoms with E-state index in [1.54, 1.807) is 0 Å². The summed E-state index contributed by atoms with van der Waals surface area (Å²) < 4.78 is 11.0. The molecule has 2 aliphatic heterocycles. The fourth-order valence-corrected chi connectivity index (χ4v) is 1.93. The molecule has 2 aliphatic rings. The van der Waals surface area contributed by atoms with Crippen LogP contribution in [-0.2, 0) is 9.47 Å². The summed E-state index contributed by atoms with van der Waals surface area (Å²) in [6, 6.07) is 0. The molecular weight excluding hydrogens is 144 g/mol. The van der Waals surface area contributed by atoms with E-state index in [4.69, 9.17) is 14.6 Å². The Bertz CT molecular complexity index is 148. The van der Waals surface area contributed by atoms with E-state index in [0.717, 1.165) is 6.61 Å². The first-order chi connectivity index (χ1) is 5.33. The Morgan fingerprint density at radius 2 is 2.00 bits per heavy atom. The average Bonchev–Trinajstić information content (AvgIpc) is 2.53. The molecular formula is C8H14O3. The number of aliphatic hydroxyl groups excluding tert-OH is 1. The van der Waals surface area contributed by atoms with Crippen LogP contribution >= 0.6 is 0 Å². The van der Waals surface area contributed by atoms with Crippen LogP contribution in [0.1, 0.15) is 6.92 Å². The van der Waals surface area contributed by atoms with Gasteiger partial charge in [-0.05, 0) is 0 Å². The van der Waals surface area contributed by atoms with Crippen molar-refractivity contribution in [2.75, 3.05) is 19.8 Å².